The average molecular weight is 337 g/mol. The van der Waals surface area contributed by atoms with Crippen molar-refractivity contribution in [1.82, 2.24) is 10.3 Å². The first kappa shape index (κ1) is 17.5. The van der Waals surface area contributed by atoms with Crippen molar-refractivity contribution >= 4 is 15.7 Å². The lowest BCUT2D eigenvalue weighted by atomic mass is 10.1. The summed E-state index contributed by atoms with van der Waals surface area (Å²) in [5.74, 6) is 1.17. The number of nitrogens with one attached hydrogen (secondary N) is 2. The summed E-state index contributed by atoms with van der Waals surface area (Å²) >= 11 is 0. The van der Waals surface area contributed by atoms with Crippen LogP contribution in [-0.4, -0.2) is 19.7 Å². The molecule has 0 spiro atoms. The van der Waals surface area contributed by atoms with E-state index in [0.717, 1.165) is 23.3 Å². The van der Waals surface area contributed by atoms with Gasteiger partial charge in [-0.25, -0.2) is 13.4 Å². The van der Waals surface area contributed by atoms with Crippen LogP contribution in [0.25, 0.3) is 0 Å². The first-order chi connectivity index (χ1) is 10.8. The molecule has 23 heavy (non-hydrogen) atoms. The SMILES string of the molecule is CC(C)c1ocnc1CN[C@@H](C)c1cccc(NS(C)(=O)=O)c1. The molecule has 7 heteroatoms. The third-order valence-electron chi connectivity index (χ3n) is 3.46. The highest BCUT2D eigenvalue weighted by molar-refractivity contribution is 7.92. The van der Waals surface area contributed by atoms with Gasteiger partial charge in [0.2, 0.25) is 10.0 Å². The first-order valence-electron chi connectivity index (χ1n) is 7.49. The van der Waals surface area contributed by atoms with E-state index < -0.39 is 10.0 Å². The van der Waals surface area contributed by atoms with Crippen LogP contribution in [0.2, 0.25) is 0 Å². The van der Waals surface area contributed by atoms with E-state index in [2.05, 4.69) is 28.9 Å². The van der Waals surface area contributed by atoms with Crippen LogP contribution >= 0.6 is 0 Å². The van der Waals surface area contributed by atoms with E-state index in [1.807, 2.05) is 25.1 Å². The van der Waals surface area contributed by atoms with Gasteiger partial charge in [-0.15, -0.1) is 0 Å². The molecule has 1 aromatic heterocycles. The predicted octanol–water partition coefficient (Wildman–Crippen LogP) is 3.02. The van der Waals surface area contributed by atoms with Gasteiger partial charge in [0.15, 0.2) is 6.39 Å². The molecule has 0 aliphatic heterocycles. The summed E-state index contributed by atoms with van der Waals surface area (Å²) in [4.78, 5) is 4.25. The van der Waals surface area contributed by atoms with E-state index in [-0.39, 0.29) is 12.0 Å². The average Bonchev–Trinajstić information content (AvgIpc) is 2.91. The van der Waals surface area contributed by atoms with Gasteiger partial charge in [0.1, 0.15) is 5.76 Å². The van der Waals surface area contributed by atoms with Gasteiger partial charge >= 0.3 is 0 Å². The summed E-state index contributed by atoms with van der Waals surface area (Å²) in [6, 6.07) is 7.39. The monoisotopic (exact) mass is 337 g/mol. The third-order valence-corrected chi connectivity index (χ3v) is 4.07. The molecule has 0 bridgehead atoms. The van der Waals surface area contributed by atoms with Gasteiger partial charge in [0.25, 0.3) is 0 Å². The molecule has 1 atom stereocenters. The zero-order valence-electron chi connectivity index (χ0n) is 13.8. The minimum atomic E-state index is -3.28. The maximum Gasteiger partial charge on any atom is 0.229 e. The number of hydrogen-bond donors (Lipinski definition) is 2. The van der Waals surface area contributed by atoms with E-state index in [0.29, 0.717) is 12.2 Å². The molecule has 0 unspecified atom stereocenters. The van der Waals surface area contributed by atoms with Gasteiger partial charge < -0.3 is 9.73 Å². The lowest BCUT2D eigenvalue weighted by Gasteiger charge is -2.15. The normalized spacial score (nSPS) is 13.3. The number of benzene rings is 1. The fourth-order valence-corrected chi connectivity index (χ4v) is 2.89. The van der Waals surface area contributed by atoms with Gasteiger partial charge in [-0.3, -0.25) is 4.72 Å². The Bertz CT molecular complexity index is 753. The second-order valence-corrected chi connectivity index (χ2v) is 7.67. The number of aromatic nitrogens is 1. The van der Waals surface area contributed by atoms with Crippen molar-refractivity contribution in [3.8, 4) is 0 Å². The Labute approximate surface area is 137 Å². The zero-order valence-corrected chi connectivity index (χ0v) is 14.6. The van der Waals surface area contributed by atoms with E-state index in [1.54, 1.807) is 6.07 Å². The fourth-order valence-electron chi connectivity index (χ4n) is 2.33. The molecule has 1 heterocycles. The molecule has 0 fully saturated rings. The van der Waals surface area contributed by atoms with Gasteiger partial charge in [-0.05, 0) is 24.6 Å². The molecule has 1 aromatic carbocycles. The summed E-state index contributed by atoms with van der Waals surface area (Å²) < 4.78 is 30.5. The first-order valence-corrected chi connectivity index (χ1v) is 9.39. The molecule has 0 saturated heterocycles. The van der Waals surface area contributed by atoms with Crippen LogP contribution in [0, 0.1) is 0 Å². The Morgan fingerprint density at radius 3 is 2.65 bits per heavy atom. The van der Waals surface area contributed by atoms with Crippen LogP contribution in [-0.2, 0) is 16.6 Å². The minimum Gasteiger partial charge on any atom is -0.448 e. The summed E-state index contributed by atoms with van der Waals surface area (Å²) in [5, 5.41) is 3.39. The van der Waals surface area contributed by atoms with Crippen LogP contribution in [0.15, 0.2) is 35.1 Å². The van der Waals surface area contributed by atoms with E-state index in [1.165, 1.54) is 6.39 Å². The van der Waals surface area contributed by atoms with E-state index in [9.17, 15) is 8.42 Å². The number of oxazole rings is 1. The van der Waals surface area contributed by atoms with Crippen LogP contribution in [0.5, 0.6) is 0 Å². The third kappa shape index (κ3) is 5.07. The van der Waals surface area contributed by atoms with Crippen molar-refractivity contribution in [1.29, 1.82) is 0 Å². The molecule has 0 radical (unpaired) electrons. The molecular formula is C16H23N3O3S. The summed E-state index contributed by atoms with van der Waals surface area (Å²) in [5.41, 5.74) is 2.45. The van der Waals surface area contributed by atoms with Crippen molar-refractivity contribution in [2.45, 2.75) is 39.3 Å². The van der Waals surface area contributed by atoms with Gasteiger partial charge in [0.05, 0.1) is 11.9 Å². The van der Waals surface area contributed by atoms with Crippen molar-refractivity contribution < 1.29 is 12.8 Å². The minimum absolute atomic E-state index is 0.0491. The van der Waals surface area contributed by atoms with Crippen molar-refractivity contribution in [2.24, 2.45) is 0 Å². The van der Waals surface area contributed by atoms with Gasteiger partial charge in [-0.1, -0.05) is 26.0 Å². The second-order valence-electron chi connectivity index (χ2n) is 5.92. The molecule has 0 aliphatic carbocycles. The Morgan fingerprint density at radius 2 is 2.00 bits per heavy atom. The highest BCUT2D eigenvalue weighted by Crippen LogP contribution is 2.21. The van der Waals surface area contributed by atoms with Crippen molar-refractivity contribution in [3.63, 3.8) is 0 Å². The molecule has 0 aliphatic rings. The lowest BCUT2D eigenvalue weighted by molar-refractivity contribution is 0.473. The second kappa shape index (κ2) is 7.14. The molecule has 2 aromatic rings. The van der Waals surface area contributed by atoms with Crippen molar-refractivity contribution in [3.05, 3.63) is 47.7 Å². The Balaban J connectivity index is 2.04. The largest absolute Gasteiger partial charge is 0.448 e. The Kier molecular flexibility index (Phi) is 5.43. The molecular weight excluding hydrogens is 314 g/mol. The van der Waals surface area contributed by atoms with E-state index >= 15 is 0 Å². The number of sulfonamides is 1. The van der Waals surface area contributed by atoms with Crippen LogP contribution in [0.1, 0.15) is 49.7 Å². The summed E-state index contributed by atoms with van der Waals surface area (Å²) in [6.07, 6.45) is 2.60. The summed E-state index contributed by atoms with van der Waals surface area (Å²) in [6.45, 7) is 6.74. The smallest absolute Gasteiger partial charge is 0.229 e. The predicted molar refractivity (Wildman–Crippen MR) is 90.8 cm³/mol. The maximum atomic E-state index is 11.3. The van der Waals surface area contributed by atoms with Gasteiger partial charge in [0, 0.05) is 24.2 Å². The number of rotatable bonds is 7. The van der Waals surface area contributed by atoms with Crippen LogP contribution in [0.4, 0.5) is 5.69 Å². The molecule has 2 rings (SSSR count). The number of nitrogens with zero attached hydrogens (tertiary/aromatic N) is 1. The Morgan fingerprint density at radius 1 is 1.26 bits per heavy atom. The highest BCUT2D eigenvalue weighted by atomic mass is 32.2. The fraction of sp³-hybridized carbons (Fsp3) is 0.438. The highest BCUT2D eigenvalue weighted by Gasteiger charge is 2.14. The Hall–Kier alpha value is -1.86. The van der Waals surface area contributed by atoms with E-state index in [4.69, 9.17) is 4.42 Å². The number of anilines is 1. The standard InChI is InChI=1S/C16H23N3O3S/c1-11(2)16-15(18-10-22-16)9-17-12(3)13-6-5-7-14(8-13)19-23(4,20)21/h5-8,10-12,17,19H,9H2,1-4H3/t12-/m0/s1. The quantitative estimate of drug-likeness (QED) is 0.811. The van der Waals surface area contributed by atoms with Gasteiger partial charge in [-0.2, -0.15) is 0 Å². The number of hydrogen-bond acceptors (Lipinski definition) is 5. The van der Waals surface area contributed by atoms with Crippen LogP contribution in [0.3, 0.4) is 0 Å². The molecule has 2 N–H and O–H groups in total. The topological polar surface area (TPSA) is 84.2 Å². The lowest BCUT2D eigenvalue weighted by Crippen LogP contribution is -2.19. The molecule has 126 valence electrons. The molecule has 6 nitrogen and oxygen atoms in total. The van der Waals surface area contributed by atoms with Crippen molar-refractivity contribution in [2.75, 3.05) is 11.0 Å². The zero-order chi connectivity index (χ0) is 17.0. The van der Waals surface area contributed by atoms with Crippen LogP contribution < -0.4 is 10.0 Å². The maximum absolute atomic E-state index is 11.3. The summed E-state index contributed by atoms with van der Waals surface area (Å²) in [7, 11) is -3.28. The molecule has 0 amide bonds. The molecule has 0 saturated carbocycles.